The van der Waals surface area contributed by atoms with Crippen molar-refractivity contribution in [1.29, 1.82) is 0 Å². The van der Waals surface area contributed by atoms with Crippen LogP contribution in [-0.4, -0.2) is 16.7 Å². The Balaban J connectivity index is 1.55. The minimum atomic E-state index is -0.858. The molecule has 2 fully saturated rings. The quantitative estimate of drug-likeness (QED) is 0.454. The van der Waals surface area contributed by atoms with Crippen LogP contribution in [-0.2, 0) is 9.53 Å². The van der Waals surface area contributed by atoms with Crippen molar-refractivity contribution in [3.8, 4) is 11.1 Å². The molecule has 5 rings (SSSR count). The van der Waals surface area contributed by atoms with Gasteiger partial charge in [-0.15, -0.1) is 0 Å². The van der Waals surface area contributed by atoms with Gasteiger partial charge in [0.2, 0.25) is 0 Å². The summed E-state index contributed by atoms with van der Waals surface area (Å²) in [5.41, 5.74) is 9.26. The lowest BCUT2D eigenvalue weighted by molar-refractivity contribution is -0.152. The molecule has 4 nitrogen and oxygen atoms in total. The molecule has 2 aromatic carbocycles. The summed E-state index contributed by atoms with van der Waals surface area (Å²) in [4.78, 5) is 12.9. The second kappa shape index (κ2) is 7.05. The van der Waals surface area contributed by atoms with E-state index in [2.05, 4.69) is 0 Å². The summed E-state index contributed by atoms with van der Waals surface area (Å²) in [6, 6.07) is 11.2. The average Bonchev–Trinajstić information content (AvgIpc) is 3.26. The van der Waals surface area contributed by atoms with Crippen molar-refractivity contribution < 1.29 is 14.6 Å². The summed E-state index contributed by atoms with van der Waals surface area (Å²) in [7, 11) is 0. The maximum Gasteiger partial charge on any atom is 0.343 e. The first-order chi connectivity index (χ1) is 14.4. The summed E-state index contributed by atoms with van der Waals surface area (Å²) in [6.45, 7) is 1.92. The molecule has 3 aliphatic rings. The highest BCUT2D eigenvalue weighted by atomic mass is 35.5. The molecule has 0 bridgehead atoms. The number of esters is 1. The van der Waals surface area contributed by atoms with Gasteiger partial charge in [-0.2, -0.15) is 0 Å². The summed E-state index contributed by atoms with van der Waals surface area (Å²) < 4.78 is 5.88. The minimum Gasteiger partial charge on any atom is -0.507 e. The molecule has 0 saturated heterocycles. The number of nitrogens with two attached hydrogens (primary N) is 1. The van der Waals surface area contributed by atoms with Gasteiger partial charge in [-0.25, -0.2) is 4.79 Å². The number of nitrogen functional groups attached to an aromatic ring is 1. The van der Waals surface area contributed by atoms with E-state index in [0.717, 1.165) is 36.0 Å². The van der Waals surface area contributed by atoms with Crippen molar-refractivity contribution in [2.75, 3.05) is 5.73 Å². The number of carbonyl (C=O) groups is 1. The minimum absolute atomic E-state index is 0.0914. The van der Waals surface area contributed by atoms with Gasteiger partial charge in [0.25, 0.3) is 0 Å². The third kappa shape index (κ3) is 3.01. The molecule has 0 amide bonds. The van der Waals surface area contributed by atoms with E-state index in [0.29, 0.717) is 34.5 Å². The van der Waals surface area contributed by atoms with E-state index >= 15 is 0 Å². The molecule has 1 heterocycles. The van der Waals surface area contributed by atoms with Crippen LogP contribution in [0, 0.1) is 18.8 Å². The Labute approximate surface area is 181 Å². The lowest BCUT2D eigenvalue weighted by Crippen LogP contribution is -2.40. The lowest BCUT2D eigenvalue weighted by atomic mass is 9.72. The van der Waals surface area contributed by atoms with Crippen LogP contribution in [0.3, 0.4) is 0 Å². The van der Waals surface area contributed by atoms with Gasteiger partial charge < -0.3 is 15.6 Å². The summed E-state index contributed by atoms with van der Waals surface area (Å²) in [5.74, 6) is 0.886. The molecule has 0 aromatic heterocycles. The van der Waals surface area contributed by atoms with Crippen LogP contribution in [0.1, 0.15) is 49.7 Å². The van der Waals surface area contributed by atoms with Gasteiger partial charge >= 0.3 is 5.97 Å². The van der Waals surface area contributed by atoms with Gasteiger partial charge in [0.1, 0.15) is 5.57 Å². The van der Waals surface area contributed by atoms with E-state index in [4.69, 9.17) is 22.1 Å². The van der Waals surface area contributed by atoms with Gasteiger partial charge in [0.15, 0.2) is 11.4 Å². The highest BCUT2D eigenvalue weighted by Crippen LogP contribution is 2.53. The fourth-order valence-electron chi connectivity index (χ4n) is 5.73. The summed E-state index contributed by atoms with van der Waals surface area (Å²) in [6.07, 6.45) is 6.08. The molecule has 2 aliphatic carbocycles. The third-order valence-electron chi connectivity index (χ3n) is 7.27. The Morgan fingerprint density at radius 1 is 1.13 bits per heavy atom. The number of benzene rings is 2. The van der Waals surface area contributed by atoms with Crippen LogP contribution in [0.15, 0.2) is 42.2 Å². The van der Waals surface area contributed by atoms with Crippen molar-refractivity contribution in [1.82, 2.24) is 0 Å². The zero-order valence-electron chi connectivity index (χ0n) is 17.1. The normalized spacial score (nSPS) is 28.1. The van der Waals surface area contributed by atoms with Gasteiger partial charge in [-0.1, -0.05) is 43.0 Å². The Hall–Kier alpha value is -2.46. The second-order valence-electron chi connectivity index (χ2n) is 9.07. The molecule has 0 radical (unpaired) electrons. The molecule has 156 valence electrons. The largest absolute Gasteiger partial charge is 0.507 e. The number of ether oxygens (including phenoxy) is 1. The van der Waals surface area contributed by atoms with E-state index in [1.54, 1.807) is 6.07 Å². The summed E-state index contributed by atoms with van der Waals surface area (Å²) >= 11 is 6.62. The van der Waals surface area contributed by atoms with Crippen molar-refractivity contribution >= 4 is 28.8 Å². The first-order valence-electron chi connectivity index (χ1n) is 10.7. The molecular formula is C25H26ClNO3. The number of fused-ring (bicyclic) bond motifs is 1. The Morgan fingerprint density at radius 2 is 1.93 bits per heavy atom. The predicted molar refractivity (Wildman–Crippen MR) is 119 cm³/mol. The fraction of sp³-hybridized carbons (Fsp3) is 0.400. The molecule has 1 aliphatic heterocycles. The molecule has 3 N–H and O–H groups in total. The van der Waals surface area contributed by atoms with E-state index in [1.807, 2.05) is 37.3 Å². The van der Waals surface area contributed by atoms with Crippen molar-refractivity contribution in [2.45, 2.75) is 51.0 Å². The number of hydrogen-bond donors (Lipinski definition) is 2. The number of hydrogen-bond acceptors (Lipinski definition) is 4. The van der Waals surface area contributed by atoms with Crippen LogP contribution in [0.5, 0.6) is 0 Å². The van der Waals surface area contributed by atoms with Gasteiger partial charge in [0, 0.05) is 16.3 Å². The number of halogens is 1. The van der Waals surface area contributed by atoms with Gasteiger partial charge in [-0.05, 0) is 79.0 Å². The van der Waals surface area contributed by atoms with Crippen molar-refractivity contribution in [3.63, 3.8) is 0 Å². The molecular weight excluding hydrogens is 398 g/mol. The third-order valence-corrected chi connectivity index (χ3v) is 7.58. The van der Waals surface area contributed by atoms with E-state index in [9.17, 15) is 9.90 Å². The smallest absolute Gasteiger partial charge is 0.343 e. The number of rotatable bonds is 2. The Bertz CT molecular complexity index is 1080. The van der Waals surface area contributed by atoms with Crippen LogP contribution in [0.2, 0.25) is 5.02 Å². The highest BCUT2D eigenvalue weighted by Gasteiger charge is 2.53. The molecule has 30 heavy (non-hydrogen) atoms. The topological polar surface area (TPSA) is 72.6 Å². The number of carbonyl (C=O) groups excluding carboxylic acids is 1. The first-order valence-corrected chi connectivity index (χ1v) is 11.1. The predicted octanol–water partition coefficient (Wildman–Crippen LogP) is 6.06. The fourth-order valence-corrected chi connectivity index (χ4v) is 6.00. The first kappa shape index (κ1) is 19.5. The van der Waals surface area contributed by atoms with E-state index in [1.165, 1.54) is 12.8 Å². The van der Waals surface area contributed by atoms with Crippen molar-refractivity contribution in [3.05, 3.63) is 58.3 Å². The van der Waals surface area contributed by atoms with Gasteiger partial charge in [0.05, 0.1) is 0 Å². The van der Waals surface area contributed by atoms with Crippen LogP contribution < -0.4 is 5.73 Å². The molecule has 2 aromatic rings. The van der Waals surface area contributed by atoms with Crippen LogP contribution in [0.25, 0.3) is 16.7 Å². The van der Waals surface area contributed by atoms with Gasteiger partial charge in [-0.3, -0.25) is 0 Å². The molecule has 2 saturated carbocycles. The van der Waals surface area contributed by atoms with E-state index in [-0.39, 0.29) is 11.3 Å². The molecule has 5 heteroatoms. The Morgan fingerprint density at radius 3 is 2.73 bits per heavy atom. The molecule has 1 spiro atoms. The maximum absolute atomic E-state index is 12.9. The molecule has 3 unspecified atom stereocenters. The monoisotopic (exact) mass is 423 g/mol. The maximum atomic E-state index is 12.9. The average molecular weight is 424 g/mol. The lowest BCUT2D eigenvalue weighted by Gasteiger charge is -2.38. The van der Waals surface area contributed by atoms with E-state index < -0.39 is 11.6 Å². The van der Waals surface area contributed by atoms with Crippen LogP contribution in [0.4, 0.5) is 5.69 Å². The SMILES string of the molecule is Cc1cc(-c2cccc(N)c2)c(Cl)cc1C1=C(O)C2(CCC3CCCC3C2)OC1=O. The number of aryl methyl sites for hydroxylation is 1. The number of anilines is 1. The van der Waals surface area contributed by atoms with Crippen molar-refractivity contribution in [2.24, 2.45) is 11.8 Å². The second-order valence-corrected chi connectivity index (χ2v) is 9.48. The number of aliphatic hydroxyl groups is 1. The van der Waals surface area contributed by atoms with Crippen LogP contribution >= 0.6 is 11.6 Å². The molecule has 3 atom stereocenters. The Kier molecular flexibility index (Phi) is 4.59. The standard InChI is InChI=1S/C25H26ClNO3/c1-14-10-20(16-5-3-7-18(27)11-16)21(26)12-19(14)22-23(28)25(30-24(22)29)9-8-15-4-2-6-17(15)13-25/h3,5,7,10-12,15,17,28H,2,4,6,8-9,13,27H2,1H3. The zero-order valence-corrected chi connectivity index (χ0v) is 17.8. The zero-order chi connectivity index (χ0) is 21.0. The number of aliphatic hydroxyl groups excluding tert-OH is 1. The summed E-state index contributed by atoms with van der Waals surface area (Å²) in [5, 5.41) is 11.7. The highest BCUT2D eigenvalue weighted by molar-refractivity contribution is 6.34.